The monoisotopic (exact) mass is 250 g/mol. The molecule has 2 rings (SSSR count). The summed E-state index contributed by atoms with van der Waals surface area (Å²) in [5.41, 5.74) is 4.78. The van der Waals surface area contributed by atoms with Crippen molar-refractivity contribution in [3.63, 3.8) is 0 Å². The van der Waals surface area contributed by atoms with Crippen LogP contribution in [0, 0.1) is 6.92 Å². The third-order valence-electron chi connectivity index (χ3n) is 3.42. The molecule has 1 aliphatic rings. The van der Waals surface area contributed by atoms with Crippen molar-refractivity contribution in [1.82, 2.24) is 20.9 Å². The predicted molar refractivity (Wildman–Crippen MR) is 71.8 cm³/mol. The lowest BCUT2D eigenvalue weighted by atomic mass is 9.96. The Hall–Kier alpha value is -1.56. The van der Waals surface area contributed by atoms with Crippen molar-refractivity contribution in [2.75, 3.05) is 0 Å². The molecular weight excluding hydrogens is 228 g/mol. The molecule has 1 aromatic rings. The molecule has 1 aliphatic carbocycles. The number of nitrogens with one attached hydrogen (secondary N) is 3. The fourth-order valence-corrected chi connectivity index (χ4v) is 2.27. The third kappa shape index (κ3) is 3.46. The number of aromatic amines is 1. The van der Waals surface area contributed by atoms with Crippen LogP contribution in [0.5, 0.6) is 0 Å². The fraction of sp³-hybridized carbons (Fsp3) is 0.667. The van der Waals surface area contributed by atoms with Gasteiger partial charge in [0.15, 0.2) is 0 Å². The molecule has 6 nitrogen and oxygen atoms in total. The minimum absolute atomic E-state index is 0.499. The number of H-pyrrole nitrogens is 1. The molecule has 0 amide bonds. The zero-order valence-electron chi connectivity index (χ0n) is 10.9. The summed E-state index contributed by atoms with van der Waals surface area (Å²) in [7, 11) is 0. The zero-order chi connectivity index (χ0) is 12.8. The van der Waals surface area contributed by atoms with Crippen molar-refractivity contribution in [3.8, 4) is 0 Å². The molecule has 0 unspecified atom stereocenters. The molecule has 5 N–H and O–H groups in total. The molecule has 0 aromatic carbocycles. The van der Waals surface area contributed by atoms with Crippen LogP contribution in [0.15, 0.2) is 11.2 Å². The Morgan fingerprint density at radius 3 is 2.89 bits per heavy atom. The van der Waals surface area contributed by atoms with E-state index in [1.54, 1.807) is 6.20 Å². The topological polar surface area (TPSA) is 91.1 Å². The van der Waals surface area contributed by atoms with Crippen LogP contribution >= 0.6 is 0 Å². The fourth-order valence-electron chi connectivity index (χ4n) is 2.27. The first-order valence-electron chi connectivity index (χ1n) is 6.56. The van der Waals surface area contributed by atoms with Crippen LogP contribution in [-0.2, 0) is 6.54 Å². The molecule has 1 aromatic heterocycles. The van der Waals surface area contributed by atoms with E-state index in [1.807, 2.05) is 6.92 Å². The molecule has 6 heteroatoms. The maximum Gasteiger partial charge on any atom is 0.206 e. The van der Waals surface area contributed by atoms with Crippen molar-refractivity contribution >= 4 is 5.96 Å². The molecule has 0 radical (unpaired) electrons. The normalized spacial score (nSPS) is 17.8. The lowest BCUT2D eigenvalue weighted by molar-refractivity contribution is 0.410. The Morgan fingerprint density at radius 1 is 1.50 bits per heavy atom. The van der Waals surface area contributed by atoms with Gasteiger partial charge in [-0.05, 0) is 19.8 Å². The van der Waals surface area contributed by atoms with Gasteiger partial charge in [0.2, 0.25) is 5.96 Å². The first-order valence-corrected chi connectivity index (χ1v) is 6.56. The van der Waals surface area contributed by atoms with Crippen molar-refractivity contribution in [3.05, 3.63) is 17.5 Å². The molecule has 0 atom stereocenters. The van der Waals surface area contributed by atoms with Gasteiger partial charge >= 0.3 is 0 Å². The van der Waals surface area contributed by atoms with Crippen LogP contribution in [0.3, 0.4) is 0 Å². The number of aromatic nitrogens is 2. The van der Waals surface area contributed by atoms with Crippen LogP contribution in [0.1, 0.15) is 43.4 Å². The van der Waals surface area contributed by atoms with E-state index in [1.165, 1.54) is 32.1 Å². The Balaban J connectivity index is 1.89. The van der Waals surface area contributed by atoms with Gasteiger partial charge in [0, 0.05) is 17.3 Å². The number of hydrogen-bond acceptors (Lipinski definition) is 3. The summed E-state index contributed by atoms with van der Waals surface area (Å²) in [6.07, 6.45) is 8.12. The highest BCUT2D eigenvalue weighted by Gasteiger charge is 2.14. The number of rotatable bonds is 3. The van der Waals surface area contributed by atoms with E-state index in [9.17, 15) is 0 Å². The second-order valence-corrected chi connectivity index (χ2v) is 4.81. The quantitative estimate of drug-likeness (QED) is 0.278. The number of aryl methyl sites for hydroxylation is 1. The Labute approximate surface area is 107 Å². The van der Waals surface area contributed by atoms with E-state index < -0.39 is 0 Å². The number of aliphatic imine (C=N–C) groups is 1. The third-order valence-corrected chi connectivity index (χ3v) is 3.42. The average molecular weight is 250 g/mol. The highest BCUT2D eigenvalue weighted by Crippen LogP contribution is 2.17. The van der Waals surface area contributed by atoms with Gasteiger partial charge in [0.1, 0.15) is 0 Å². The average Bonchev–Trinajstić information content (AvgIpc) is 2.81. The van der Waals surface area contributed by atoms with Crippen molar-refractivity contribution in [2.45, 2.75) is 51.6 Å². The van der Waals surface area contributed by atoms with Gasteiger partial charge in [0.05, 0.1) is 12.7 Å². The van der Waals surface area contributed by atoms with Crippen LogP contribution in [-0.4, -0.2) is 22.2 Å². The van der Waals surface area contributed by atoms with Crippen molar-refractivity contribution in [2.24, 2.45) is 10.8 Å². The van der Waals surface area contributed by atoms with Crippen LogP contribution in [0.2, 0.25) is 0 Å². The largest absolute Gasteiger partial charge is 0.353 e. The summed E-state index contributed by atoms with van der Waals surface area (Å²) in [6, 6.07) is 0.499. The van der Waals surface area contributed by atoms with E-state index in [0.29, 0.717) is 18.5 Å². The maximum absolute atomic E-state index is 5.50. The van der Waals surface area contributed by atoms with Gasteiger partial charge in [-0.2, -0.15) is 5.10 Å². The zero-order valence-corrected chi connectivity index (χ0v) is 10.9. The van der Waals surface area contributed by atoms with Gasteiger partial charge in [-0.15, -0.1) is 0 Å². The molecule has 0 saturated heterocycles. The molecule has 0 aliphatic heterocycles. The SMILES string of the molecule is Cc1[nH]ncc1CN=C(NN)NC1CCCCC1. The first-order chi connectivity index (χ1) is 8.79. The molecular formula is C12H22N6. The lowest BCUT2D eigenvalue weighted by Gasteiger charge is -2.24. The van der Waals surface area contributed by atoms with Crippen molar-refractivity contribution < 1.29 is 0 Å². The number of nitrogens with zero attached hydrogens (tertiary/aromatic N) is 2. The minimum atomic E-state index is 0.499. The molecule has 0 spiro atoms. The summed E-state index contributed by atoms with van der Waals surface area (Å²) in [5, 5.41) is 10.2. The van der Waals surface area contributed by atoms with E-state index in [-0.39, 0.29) is 0 Å². The van der Waals surface area contributed by atoms with Crippen LogP contribution in [0.25, 0.3) is 0 Å². The standard InChI is InChI=1S/C12H22N6/c1-9-10(8-15-18-9)7-14-12(17-13)16-11-5-3-2-4-6-11/h8,11H,2-7,13H2,1H3,(H,15,18)(H2,14,16,17). The maximum atomic E-state index is 5.50. The predicted octanol–water partition coefficient (Wildman–Crippen LogP) is 0.960. The highest BCUT2D eigenvalue weighted by atomic mass is 15.3. The van der Waals surface area contributed by atoms with Gasteiger partial charge in [-0.1, -0.05) is 19.3 Å². The van der Waals surface area contributed by atoms with Gasteiger partial charge in [-0.25, -0.2) is 10.8 Å². The second-order valence-electron chi connectivity index (χ2n) is 4.81. The minimum Gasteiger partial charge on any atom is -0.353 e. The Kier molecular flexibility index (Phi) is 4.58. The van der Waals surface area contributed by atoms with Gasteiger partial charge in [-0.3, -0.25) is 10.5 Å². The highest BCUT2D eigenvalue weighted by molar-refractivity contribution is 5.79. The summed E-state index contributed by atoms with van der Waals surface area (Å²) < 4.78 is 0. The summed E-state index contributed by atoms with van der Waals surface area (Å²) >= 11 is 0. The molecule has 18 heavy (non-hydrogen) atoms. The van der Waals surface area contributed by atoms with Crippen LogP contribution < -0.4 is 16.6 Å². The first kappa shape index (κ1) is 12.9. The van der Waals surface area contributed by atoms with E-state index in [0.717, 1.165) is 11.3 Å². The lowest BCUT2D eigenvalue weighted by Crippen LogP contribution is -2.47. The molecule has 0 bridgehead atoms. The summed E-state index contributed by atoms with van der Waals surface area (Å²) in [6.45, 7) is 2.57. The number of hydrazine groups is 1. The number of guanidine groups is 1. The number of nitrogens with two attached hydrogens (primary N) is 1. The van der Waals surface area contributed by atoms with E-state index in [4.69, 9.17) is 5.84 Å². The Morgan fingerprint density at radius 2 is 2.28 bits per heavy atom. The molecule has 1 saturated carbocycles. The van der Waals surface area contributed by atoms with Crippen molar-refractivity contribution in [1.29, 1.82) is 0 Å². The van der Waals surface area contributed by atoms with Gasteiger partial charge in [0.25, 0.3) is 0 Å². The van der Waals surface area contributed by atoms with E-state index in [2.05, 4.69) is 25.9 Å². The van der Waals surface area contributed by atoms with Gasteiger partial charge < -0.3 is 5.32 Å². The smallest absolute Gasteiger partial charge is 0.206 e. The molecule has 100 valence electrons. The second kappa shape index (κ2) is 6.39. The molecule has 1 fully saturated rings. The Bertz CT molecular complexity index is 391. The molecule has 1 heterocycles. The summed E-state index contributed by atoms with van der Waals surface area (Å²) in [5.74, 6) is 6.17. The van der Waals surface area contributed by atoms with Crippen LogP contribution in [0.4, 0.5) is 0 Å². The summed E-state index contributed by atoms with van der Waals surface area (Å²) in [4.78, 5) is 4.45. The van der Waals surface area contributed by atoms with E-state index >= 15 is 0 Å². The number of hydrogen-bond donors (Lipinski definition) is 4.